The van der Waals surface area contributed by atoms with E-state index in [1.54, 1.807) is 0 Å². The third-order valence-electron chi connectivity index (χ3n) is 3.25. The molecule has 0 aromatic heterocycles. The normalized spacial score (nSPS) is 12.3. The largest absolute Gasteiger partial charge is 0.0882 e. The van der Waals surface area contributed by atoms with Crippen LogP contribution in [0.3, 0.4) is 0 Å². The molecule has 0 aliphatic carbocycles. The van der Waals surface area contributed by atoms with E-state index in [1.165, 1.54) is 64.2 Å². The Morgan fingerprint density at radius 2 is 1.21 bits per heavy atom. The zero-order valence-corrected chi connectivity index (χ0v) is 13.2. The average Bonchev–Trinajstić information content (AvgIpc) is 2.43. The molecule has 0 fully saturated rings. The summed E-state index contributed by atoms with van der Waals surface area (Å²) >= 11 is 0. The van der Waals surface area contributed by atoms with Crippen molar-refractivity contribution in [3.63, 3.8) is 0 Å². The van der Waals surface area contributed by atoms with Crippen LogP contribution < -0.4 is 0 Å². The predicted octanol–water partition coefficient (Wildman–Crippen LogP) is 6.99. The lowest BCUT2D eigenvalue weighted by atomic mass is 10.1. The van der Waals surface area contributed by atoms with E-state index in [9.17, 15) is 0 Å². The molecule has 0 radical (unpaired) electrons. The highest BCUT2D eigenvalue weighted by molar-refractivity contribution is 5.04. The number of rotatable bonds is 13. The van der Waals surface area contributed by atoms with Gasteiger partial charge in [0.05, 0.1) is 0 Å². The molecule has 0 atom stereocenters. The Hall–Kier alpha value is -0.780. The van der Waals surface area contributed by atoms with Gasteiger partial charge >= 0.3 is 0 Å². The van der Waals surface area contributed by atoms with Crippen LogP contribution in [0.25, 0.3) is 0 Å². The Morgan fingerprint density at radius 3 is 1.95 bits per heavy atom. The quantitative estimate of drug-likeness (QED) is 0.191. The van der Waals surface area contributed by atoms with Gasteiger partial charge < -0.3 is 0 Å². The molecule has 0 N–H and O–H groups in total. The molecule has 0 saturated carbocycles. The maximum Gasteiger partial charge on any atom is -0.0166 e. The van der Waals surface area contributed by atoms with Crippen LogP contribution in [0.1, 0.15) is 84.5 Å². The van der Waals surface area contributed by atoms with Crippen LogP contribution in [0.15, 0.2) is 36.5 Å². The summed E-state index contributed by atoms with van der Waals surface area (Å²) < 4.78 is 0. The second-order valence-electron chi connectivity index (χ2n) is 5.26. The van der Waals surface area contributed by atoms with E-state index in [0.717, 1.165) is 6.42 Å². The number of unbranched alkanes of at least 4 members (excludes halogenated alkanes) is 8. The molecule has 0 nitrogen and oxygen atoms in total. The summed E-state index contributed by atoms with van der Waals surface area (Å²) in [6.45, 7) is 4.49. The standard InChI is InChI=1S/C19H34/c1-3-5-7-9-11-13-15-17-19-18-16-14-12-10-8-6-4-2/h7,9,11,13,17,19H,3-6,8,10,12,14-16,18H2,1-2H3/b9-7+,13-11-,19-17-. The van der Waals surface area contributed by atoms with E-state index in [-0.39, 0.29) is 0 Å². The fraction of sp³-hybridized carbons (Fsp3) is 0.684. The lowest BCUT2D eigenvalue weighted by Crippen LogP contribution is -1.78. The number of hydrogen-bond donors (Lipinski definition) is 0. The molecule has 19 heavy (non-hydrogen) atoms. The Bertz CT molecular complexity index is 232. The van der Waals surface area contributed by atoms with E-state index < -0.39 is 0 Å². The lowest BCUT2D eigenvalue weighted by Gasteiger charge is -1.98. The van der Waals surface area contributed by atoms with Gasteiger partial charge in [-0.3, -0.25) is 0 Å². The van der Waals surface area contributed by atoms with Crippen molar-refractivity contribution in [1.29, 1.82) is 0 Å². The molecular formula is C19H34. The topological polar surface area (TPSA) is 0 Å². The molecule has 0 aliphatic rings. The maximum absolute atomic E-state index is 2.34. The Labute approximate surface area is 121 Å². The first-order chi connectivity index (χ1) is 9.41. The van der Waals surface area contributed by atoms with Crippen LogP contribution in [-0.2, 0) is 0 Å². The Morgan fingerprint density at radius 1 is 0.526 bits per heavy atom. The van der Waals surface area contributed by atoms with E-state index in [2.05, 4.69) is 50.3 Å². The Balaban J connectivity index is 3.21. The third kappa shape index (κ3) is 17.2. The fourth-order valence-corrected chi connectivity index (χ4v) is 2.01. The number of hydrogen-bond acceptors (Lipinski definition) is 0. The molecular weight excluding hydrogens is 228 g/mol. The summed E-state index contributed by atoms with van der Waals surface area (Å²) in [5, 5.41) is 0. The molecule has 0 heteroatoms. The molecule has 0 rings (SSSR count). The van der Waals surface area contributed by atoms with Gasteiger partial charge in [0.25, 0.3) is 0 Å². The van der Waals surface area contributed by atoms with Gasteiger partial charge in [-0.15, -0.1) is 0 Å². The molecule has 0 spiro atoms. The van der Waals surface area contributed by atoms with Crippen molar-refractivity contribution in [1.82, 2.24) is 0 Å². The molecule has 0 amide bonds. The number of allylic oxidation sites excluding steroid dienone is 6. The summed E-state index contributed by atoms with van der Waals surface area (Å²) in [5.74, 6) is 0. The Kier molecular flexibility index (Phi) is 16.5. The van der Waals surface area contributed by atoms with Crippen LogP contribution in [0.2, 0.25) is 0 Å². The third-order valence-corrected chi connectivity index (χ3v) is 3.25. The predicted molar refractivity (Wildman–Crippen MR) is 89.6 cm³/mol. The zero-order valence-electron chi connectivity index (χ0n) is 13.2. The van der Waals surface area contributed by atoms with E-state index in [4.69, 9.17) is 0 Å². The van der Waals surface area contributed by atoms with Crippen LogP contribution in [0.4, 0.5) is 0 Å². The van der Waals surface area contributed by atoms with Crippen LogP contribution in [0.5, 0.6) is 0 Å². The van der Waals surface area contributed by atoms with Gasteiger partial charge in [0.1, 0.15) is 0 Å². The van der Waals surface area contributed by atoms with Crippen LogP contribution in [0, 0.1) is 0 Å². The molecule has 0 bridgehead atoms. The average molecular weight is 262 g/mol. The summed E-state index contributed by atoms with van der Waals surface area (Å²) in [4.78, 5) is 0. The molecule has 0 unspecified atom stereocenters. The van der Waals surface area contributed by atoms with Gasteiger partial charge in [0.2, 0.25) is 0 Å². The maximum atomic E-state index is 2.34. The van der Waals surface area contributed by atoms with E-state index in [1.807, 2.05) is 0 Å². The summed E-state index contributed by atoms with van der Waals surface area (Å²) in [6.07, 6.45) is 28.0. The first kappa shape index (κ1) is 18.2. The zero-order chi connectivity index (χ0) is 14.0. The van der Waals surface area contributed by atoms with Crippen molar-refractivity contribution in [3.05, 3.63) is 36.5 Å². The second-order valence-corrected chi connectivity index (χ2v) is 5.26. The first-order valence-electron chi connectivity index (χ1n) is 8.38. The summed E-state index contributed by atoms with van der Waals surface area (Å²) in [7, 11) is 0. The minimum absolute atomic E-state index is 1.08. The monoisotopic (exact) mass is 262 g/mol. The summed E-state index contributed by atoms with van der Waals surface area (Å²) in [5.41, 5.74) is 0. The van der Waals surface area contributed by atoms with Gasteiger partial charge in [-0.05, 0) is 25.7 Å². The lowest BCUT2D eigenvalue weighted by molar-refractivity contribution is 0.592. The van der Waals surface area contributed by atoms with E-state index in [0.29, 0.717) is 0 Å². The van der Waals surface area contributed by atoms with Crippen molar-refractivity contribution in [2.75, 3.05) is 0 Å². The molecule has 110 valence electrons. The fourth-order valence-electron chi connectivity index (χ4n) is 2.01. The summed E-state index contributed by atoms with van der Waals surface area (Å²) in [6, 6.07) is 0. The SMILES string of the molecule is CCC/C=C/C=C\C/C=C\CCCCCCCCC. The van der Waals surface area contributed by atoms with Crippen molar-refractivity contribution in [2.24, 2.45) is 0 Å². The van der Waals surface area contributed by atoms with Crippen molar-refractivity contribution >= 4 is 0 Å². The smallest absolute Gasteiger partial charge is 0.0166 e. The minimum atomic E-state index is 1.08. The van der Waals surface area contributed by atoms with Gasteiger partial charge in [-0.25, -0.2) is 0 Å². The van der Waals surface area contributed by atoms with Crippen LogP contribution in [-0.4, -0.2) is 0 Å². The first-order valence-corrected chi connectivity index (χ1v) is 8.38. The van der Waals surface area contributed by atoms with Gasteiger partial charge in [-0.1, -0.05) is 95.2 Å². The van der Waals surface area contributed by atoms with Crippen molar-refractivity contribution in [2.45, 2.75) is 84.5 Å². The molecule has 0 heterocycles. The van der Waals surface area contributed by atoms with Crippen LogP contribution >= 0.6 is 0 Å². The highest BCUT2D eigenvalue weighted by Crippen LogP contribution is 2.08. The minimum Gasteiger partial charge on any atom is -0.0882 e. The second kappa shape index (κ2) is 17.2. The van der Waals surface area contributed by atoms with Crippen molar-refractivity contribution in [3.8, 4) is 0 Å². The highest BCUT2D eigenvalue weighted by atomic mass is 13.9. The highest BCUT2D eigenvalue weighted by Gasteiger charge is 1.88. The van der Waals surface area contributed by atoms with Gasteiger partial charge in [0, 0.05) is 0 Å². The van der Waals surface area contributed by atoms with Crippen molar-refractivity contribution < 1.29 is 0 Å². The van der Waals surface area contributed by atoms with Gasteiger partial charge in [0.15, 0.2) is 0 Å². The molecule has 0 aromatic carbocycles. The molecule has 0 saturated heterocycles. The molecule has 0 aromatic rings. The van der Waals surface area contributed by atoms with Gasteiger partial charge in [-0.2, -0.15) is 0 Å². The molecule has 0 aliphatic heterocycles. The van der Waals surface area contributed by atoms with E-state index >= 15 is 0 Å².